The second-order valence-corrected chi connectivity index (χ2v) is 6.94. The van der Waals surface area contributed by atoms with E-state index in [0.29, 0.717) is 0 Å². The summed E-state index contributed by atoms with van der Waals surface area (Å²) < 4.78 is 36.2. The Labute approximate surface area is 117 Å². The predicted octanol–water partition coefficient (Wildman–Crippen LogP) is 1.99. The molecule has 5 nitrogen and oxygen atoms in total. The van der Waals surface area contributed by atoms with Crippen molar-refractivity contribution in [2.45, 2.75) is 37.5 Å². The van der Waals surface area contributed by atoms with Gasteiger partial charge in [0.2, 0.25) is 15.9 Å². The van der Waals surface area contributed by atoms with Crippen LogP contribution in [-0.4, -0.2) is 14.3 Å². The largest absolute Gasteiger partial charge is 0.324 e. The van der Waals surface area contributed by atoms with E-state index >= 15 is 0 Å². The van der Waals surface area contributed by atoms with Crippen LogP contribution in [0, 0.1) is 11.2 Å². The highest BCUT2D eigenvalue weighted by Crippen LogP contribution is 2.38. The number of nitrogens with one attached hydrogen (secondary N) is 1. The molecule has 0 unspecified atom stereocenters. The summed E-state index contributed by atoms with van der Waals surface area (Å²) in [5, 5.41) is 7.57. The smallest absolute Gasteiger partial charge is 0.240 e. The van der Waals surface area contributed by atoms with Crippen LogP contribution < -0.4 is 10.5 Å². The molecule has 3 N–H and O–H groups in total. The van der Waals surface area contributed by atoms with Gasteiger partial charge in [0.05, 0.1) is 5.69 Å². The maximum atomic E-state index is 13.3. The summed E-state index contributed by atoms with van der Waals surface area (Å²) in [6.45, 7) is 1.82. The zero-order valence-corrected chi connectivity index (χ0v) is 12.0. The molecule has 0 heterocycles. The topological polar surface area (TPSA) is 89.3 Å². The van der Waals surface area contributed by atoms with Crippen molar-refractivity contribution in [2.75, 3.05) is 5.32 Å². The molecule has 1 aliphatic carbocycles. The van der Waals surface area contributed by atoms with Crippen molar-refractivity contribution in [1.29, 1.82) is 0 Å². The highest BCUT2D eigenvalue weighted by Gasteiger charge is 2.36. The molecule has 1 amide bonds. The molecule has 0 atom stereocenters. The standard InChI is InChI=1S/C13H17FN2O3S/c1-13(6-2-3-7-13)12(17)16-10-8-9(14)4-5-11(10)20(15,18)19/h4-5,8H,2-3,6-7H2,1H3,(H,16,17)(H2,15,18,19). The van der Waals surface area contributed by atoms with Crippen molar-refractivity contribution in [3.8, 4) is 0 Å². The van der Waals surface area contributed by atoms with E-state index in [-0.39, 0.29) is 16.5 Å². The number of carbonyl (C=O) groups excluding carboxylic acids is 1. The van der Waals surface area contributed by atoms with Crippen LogP contribution in [0.5, 0.6) is 0 Å². The van der Waals surface area contributed by atoms with E-state index in [1.807, 2.05) is 6.92 Å². The third kappa shape index (κ3) is 2.99. The lowest BCUT2D eigenvalue weighted by atomic mass is 9.88. The highest BCUT2D eigenvalue weighted by molar-refractivity contribution is 7.89. The maximum absolute atomic E-state index is 13.3. The van der Waals surface area contributed by atoms with Gasteiger partial charge in [-0.2, -0.15) is 0 Å². The Kier molecular flexibility index (Phi) is 3.84. The highest BCUT2D eigenvalue weighted by atomic mass is 32.2. The van der Waals surface area contributed by atoms with Crippen LogP contribution in [0.3, 0.4) is 0 Å². The lowest BCUT2D eigenvalue weighted by Gasteiger charge is -2.23. The molecule has 0 radical (unpaired) electrons. The van der Waals surface area contributed by atoms with Crippen LogP contribution >= 0.6 is 0 Å². The van der Waals surface area contributed by atoms with Crippen molar-refractivity contribution in [2.24, 2.45) is 10.6 Å². The van der Waals surface area contributed by atoms with Crippen LogP contribution in [0.1, 0.15) is 32.6 Å². The molecule has 0 aliphatic heterocycles. The summed E-state index contributed by atoms with van der Waals surface area (Å²) in [6, 6.07) is 3.01. The number of hydrogen-bond acceptors (Lipinski definition) is 3. The summed E-state index contributed by atoms with van der Waals surface area (Å²) >= 11 is 0. The molecular weight excluding hydrogens is 283 g/mol. The van der Waals surface area contributed by atoms with E-state index < -0.39 is 21.3 Å². The lowest BCUT2D eigenvalue weighted by Crippen LogP contribution is -2.31. The van der Waals surface area contributed by atoms with Gasteiger partial charge in [-0.3, -0.25) is 4.79 Å². The quantitative estimate of drug-likeness (QED) is 0.894. The minimum Gasteiger partial charge on any atom is -0.324 e. The van der Waals surface area contributed by atoms with Gasteiger partial charge in [-0.15, -0.1) is 0 Å². The van der Waals surface area contributed by atoms with E-state index in [4.69, 9.17) is 5.14 Å². The fraction of sp³-hybridized carbons (Fsp3) is 0.462. The molecule has 1 aromatic rings. The SMILES string of the molecule is CC1(C(=O)Nc2cc(F)ccc2S(N)(=O)=O)CCCC1. The minimum atomic E-state index is -4.02. The summed E-state index contributed by atoms with van der Waals surface area (Å²) in [5.74, 6) is -0.935. The number of anilines is 1. The second kappa shape index (κ2) is 5.14. The second-order valence-electron chi connectivity index (χ2n) is 5.41. The van der Waals surface area contributed by atoms with Crippen molar-refractivity contribution in [3.63, 3.8) is 0 Å². The van der Waals surface area contributed by atoms with Crippen LogP contribution in [0.15, 0.2) is 23.1 Å². The first kappa shape index (κ1) is 14.9. The Morgan fingerprint density at radius 3 is 2.50 bits per heavy atom. The van der Waals surface area contributed by atoms with E-state index in [0.717, 1.165) is 43.9 Å². The number of carbonyl (C=O) groups is 1. The van der Waals surface area contributed by atoms with Gasteiger partial charge in [0.1, 0.15) is 10.7 Å². The average Bonchev–Trinajstić information content (AvgIpc) is 2.76. The average molecular weight is 300 g/mol. The van der Waals surface area contributed by atoms with E-state index in [1.54, 1.807) is 0 Å². The van der Waals surface area contributed by atoms with Crippen molar-refractivity contribution in [1.82, 2.24) is 0 Å². The summed E-state index contributed by atoms with van der Waals surface area (Å²) in [4.78, 5) is 12.0. The third-order valence-electron chi connectivity index (χ3n) is 3.75. The van der Waals surface area contributed by atoms with Crippen LogP contribution in [-0.2, 0) is 14.8 Å². The van der Waals surface area contributed by atoms with E-state index in [9.17, 15) is 17.6 Å². The van der Waals surface area contributed by atoms with Gasteiger partial charge in [0, 0.05) is 5.41 Å². The van der Waals surface area contributed by atoms with Gasteiger partial charge >= 0.3 is 0 Å². The third-order valence-corrected chi connectivity index (χ3v) is 4.72. The first-order valence-electron chi connectivity index (χ1n) is 6.36. The number of hydrogen-bond donors (Lipinski definition) is 2. The molecule has 1 saturated carbocycles. The zero-order chi connectivity index (χ0) is 15.0. The number of primary sulfonamides is 1. The number of amides is 1. The number of nitrogens with two attached hydrogens (primary N) is 1. The Bertz CT molecular complexity index is 637. The number of halogens is 1. The van der Waals surface area contributed by atoms with Crippen molar-refractivity contribution >= 4 is 21.6 Å². The number of benzene rings is 1. The zero-order valence-electron chi connectivity index (χ0n) is 11.1. The Morgan fingerprint density at radius 1 is 1.35 bits per heavy atom. The molecular formula is C13H17FN2O3S. The van der Waals surface area contributed by atoms with Gasteiger partial charge < -0.3 is 5.32 Å². The minimum absolute atomic E-state index is 0.106. The molecule has 1 fully saturated rings. The molecule has 2 rings (SSSR count). The molecule has 0 spiro atoms. The maximum Gasteiger partial charge on any atom is 0.240 e. The lowest BCUT2D eigenvalue weighted by molar-refractivity contribution is -0.124. The fourth-order valence-corrected chi connectivity index (χ4v) is 3.18. The first-order chi connectivity index (χ1) is 9.22. The van der Waals surface area contributed by atoms with Gasteiger partial charge in [-0.25, -0.2) is 17.9 Å². The van der Waals surface area contributed by atoms with Crippen LogP contribution in [0.2, 0.25) is 0 Å². The fourth-order valence-electron chi connectivity index (χ4n) is 2.50. The molecule has 0 saturated heterocycles. The number of sulfonamides is 1. The van der Waals surface area contributed by atoms with Crippen molar-refractivity contribution in [3.05, 3.63) is 24.0 Å². The van der Waals surface area contributed by atoms with E-state index in [1.165, 1.54) is 0 Å². The molecule has 20 heavy (non-hydrogen) atoms. The molecule has 0 bridgehead atoms. The Morgan fingerprint density at radius 2 is 1.95 bits per heavy atom. The van der Waals surface area contributed by atoms with Gasteiger partial charge in [-0.1, -0.05) is 19.8 Å². The predicted molar refractivity (Wildman–Crippen MR) is 73.0 cm³/mol. The molecule has 1 aliphatic rings. The summed E-state index contributed by atoms with van der Waals surface area (Å²) in [6.07, 6.45) is 3.38. The first-order valence-corrected chi connectivity index (χ1v) is 7.91. The van der Waals surface area contributed by atoms with E-state index in [2.05, 4.69) is 5.32 Å². The Hall–Kier alpha value is -1.47. The molecule has 7 heteroatoms. The van der Waals surface area contributed by atoms with Gasteiger partial charge in [0.15, 0.2) is 0 Å². The number of rotatable bonds is 3. The van der Waals surface area contributed by atoms with Gasteiger partial charge in [0.25, 0.3) is 0 Å². The summed E-state index contributed by atoms with van der Waals surface area (Å²) in [7, 11) is -4.02. The molecule has 110 valence electrons. The van der Waals surface area contributed by atoms with Gasteiger partial charge in [-0.05, 0) is 31.0 Å². The molecule has 0 aromatic heterocycles. The molecule has 1 aromatic carbocycles. The monoisotopic (exact) mass is 300 g/mol. The van der Waals surface area contributed by atoms with Crippen LogP contribution in [0.4, 0.5) is 10.1 Å². The van der Waals surface area contributed by atoms with Crippen molar-refractivity contribution < 1.29 is 17.6 Å². The van der Waals surface area contributed by atoms with Crippen LogP contribution in [0.25, 0.3) is 0 Å². The normalized spacial score (nSPS) is 17.9. The summed E-state index contributed by atoms with van der Waals surface area (Å²) in [5.41, 5.74) is -0.646. The Balaban J connectivity index is 2.33.